The van der Waals surface area contributed by atoms with Gasteiger partial charge in [-0.1, -0.05) is 42.5 Å². The number of hydrogen-bond acceptors (Lipinski definition) is 6. The Kier molecular flexibility index (Phi) is 6.16. The topological polar surface area (TPSA) is 116 Å². The summed E-state index contributed by atoms with van der Waals surface area (Å²) in [7, 11) is 0. The maximum absolute atomic E-state index is 12.4. The first-order valence-electron chi connectivity index (χ1n) is 8.50. The fourth-order valence-electron chi connectivity index (χ4n) is 2.49. The van der Waals surface area contributed by atoms with Gasteiger partial charge in [0.1, 0.15) is 5.00 Å². The Labute approximate surface area is 170 Å². The summed E-state index contributed by atoms with van der Waals surface area (Å²) in [4.78, 5) is 47.7. The number of benzene rings is 2. The molecule has 29 heavy (non-hydrogen) atoms. The number of hydrogen-bond donors (Lipinski definition) is 2. The summed E-state index contributed by atoms with van der Waals surface area (Å²) in [5.41, 5.74) is 6.58. The molecular weight excluding hydrogens is 392 g/mol. The Hall–Kier alpha value is -3.78. The fraction of sp³-hybridized carbons (Fsp3) is 0.0476. The summed E-state index contributed by atoms with van der Waals surface area (Å²) >= 11 is 1.13. The molecule has 1 heterocycles. The van der Waals surface area contributed by atoms with Gasteiger partial charge < -0.3 is 15.8 Å². The first kappa shape index (κ1) is 20.0. The lowest BCUT2D eigenvalue weighted by atomic mass is 10.0. The molecule has 3 N–H and O–H groups in total. The van der Waals surface area contributed by atoms with Crippen molar-refractivity contribution >= 4 is 39.9 Å². The molecule has 0 atom stereocenters. The summed E-state index contributed by atoms with van der Waals surface area (Å²) in [6.07, 6.45) is 0. The van der Waals surface area contributed by atoms with Crippen LogP contribution in [0.4, 0.5) is 5.00 Å². The molecule has 3 rings (SSSR count). The first-order valence-corrected chi connectivity index (χ1v) is 9.38. The van der Waals surface area contributed by atoms with E-state index < -0.39 is 24.4 Å². The average molecular weight is 408 g/mol. The number of ether oxygens (including phenoxy) is 1. The molecule has 146 valence electrons. The molecule has 0 fully saturated rings. The highest BCUT2D eigenvalue weighted by Crippen LogP contribution is 2.22. The van der Waals surface area contributed by atoms with E-state index in [2.05, 4.69) is 5.32 Å². The number of carbonyl (C=O) groups excluding carboxylic acids is 4. The third-order valence-corrected chi connectivity index (χ3v) is 4.77. The number of esters is 1. The van der Waals surface area contributed by atoms with Gasteiger partial charge in [0.05, 0.1) is 11.1 Å². The van der Waals surface area contributed by atoms with Gasteiger partial charge in [0.15, 0.2) is 12.4 Å². The third-order valence-electron chi connectivity index (χ3n) is 3.94. The van der Waals surface area contributed by atoms with Gasteiger partial charge in [-0.2, -0.15) is 0 Å². The maximum atomic E-state index is 12.4. The minimum absolute atomic E-state index is 0.161. The molecule has 7 nitrogen and oxygen atoms in total. The van der Waals surface area contributed by atoms with Crippen molar-refractivity contribution in [3.63, 3.8) is 0 Å². The quantitative estimate of drug-likeness (QED) is 0.461. The van der Waals surface area contributed by atoms with Crippen LogP contribution in [0.5, 0.6) is 0 Å². The van der Waals surface area contributed by atoms with E-state index >= 15 is 0 Å². The molecule has 0 aliphatic carbocycles. The molecule has 0 unspecified atom stereocenters. The Morgan fingerprint density at radius 2 is 1.48 bits per heavy atom. The molecule has 8 heteroatoms. The van der Waals surface area contributed by atoms with Gasteiger partial charge in [0.25, 0.3) is 11.8 Å². The molecule has 1 aromatic heterocycles. The number of primary amides is 1. The Balaban J connectivity index is 1.57. The van der Waals surface area contributed by atoms with Crippen LogP contribution in [0.1, 0.15) is 36.6 Å². The van der Waals surface area contributed by atoms with E-state index in [4.69, 9.17) is 10.5 Å². The number of thiophene rings is 1. The number of ketones is 1. The molecule has 0 saturated carbocycles. The Morgan fingerprint density at radius 3 is 2.14 bits per heavy atom. The van der Waals surface area contributed by atoms with Crippen LogP contribution in [0.25, 0.3) is 0 Å². The average Bonchev–Trinajstić information content (AvgIpc) is 3.20. The second kappa shape index (κ2) is 8.94. The van der Waals surface area contributed by atoms with E-state index in [1.165, 1.54) is 30.3 Å². The van der Waals surface area contributed by atoms with E-state index in [-0.39, 0.29) is 16.9 Å². The van der Waals surface area contributed by atoms with Crippen molar-refractivity contribution in [3.05, 3.63) is 88.3 Å². The van der Waals surface area contributed by atoms with E-state index in [0.717, 1.165) is 11.3 Å². The molecule has 0 spiro atoms. The van der Waals surface area contributed by atoms with Crippen LogP contribution in [-0.4, -0.2) is 30.2 Å². The van der Waals surface area contributed by atoms with Gasteiger partial charge >= 0.3 is 5.97 Å². The smallest absolute Gasteiger partial charge is 0.338 e. The minimum atomic E-state index is -0.708. The Bertz CT molecular complexity index is 1060. The summed E-state index contributed by atoms with van der Waals surface area (Å²) in [6.45, 7) is -0.528. The second-order valence-electron chi connectivity index (χ2n) is 5.92. The van der Waals surface area contributed by atoms with Gasteiger partial charge in [0, 0.05) is 11.1 Å². The van der Waals surface area contributed by atoms with Crippen molar-refractivity contribution in [1.29, 1.82) is 0 Å². The number of amides is 2. The lowest BCUT2D eigenvalue weighted by Crippen LogP contribution is -2.22. The standard InChI is InChI=1S/C21H16N2O5S/c22-19(26)16-10-11-29-20(16)23-17(24)12-28-21(27)15-8-6-14(7-9-15)18(25)13-4-2-1-3-5-13/h1-11H,12H2,(H2,22,26)(H,23,24). The van der Waals surface area contributed by atoms with Crippen LogP contribution in [0, 0.1) is 0 Å². The third kappa shape index (κ3) is 4.94. The lowest BCUT2D eigenvalue weighted by molar-refractivity contribution is -0.119. The molecule has 0 radical (unpaired) electrons. The van der Waals surface area contributed by atoms with Crippen LogP contribution in [-0.2, 0) is 9.53 Å². The molecule has 0 aliphatic rings. The fourth-order valence-corrected chi connectivity index (χ4v) is 3.30. The van der Waals surface area contributed by atoms with Crippen LogP contribution >= 0.6 is 11.3 Å². The van der Waals surface area contributed by atoms with Crippen molar-refractivity contribution in [1.82, 2.24) is 0 Å². The van der Waals surface area contributed by atoms with Crippen molar-refractivity contribution in [2.24, 2.45) is 5.73 Å². The summed E-state index contributed by atoms with van der Waals surface area (Å²) in [5, 5.41) is 4.38. The molecule has 2 aromatic carbocycles. The van der Waals surface area contributed by atoms with Crippen molar-refractivity contribution in [2.75, 3.05) is 11.9 Å². The van der Waals surface area contributed by atoms with E-state index in [1.807, 2.05) is 6.07 Å². The van der Waals surface area contributed by atoms with Crippen molar-refractivity contribution < 1.29 is 23.9 Å². The molecule has 3 aromatic rings. The predicted molar refractivity (Wildman–Crippen MR) is 108 cm³/mol. The van der Waals surface area contributed by atoms with Gasteiger partial charge in [-0.3, -0.25) is 14.4 Å². The first-order chi connectivity index (χ1) is 14.0. The predicted octanol–water partition coefficient (Wildman–Crippen LogP) is 2.87. The summed E-state index contributed by atoms with van der Waals surface area (Å²) < 4.78 is 4.98. The minimum Gasteiger partial charge on any atom is -0.452 e. The molecule has 0 aliphatic heterocycles. The highest BCUT2D eigenvalue weighted by atomic mass is 32.1. The van der Waals surface area contributed by atoms with Crippen LogP contribution in [0.2, 0.25) is 0 Å². The molecular formula is C21H16N2O5S. The lowest BCUT2D eigenvalue weighted by Gasteiger charge is -2.07. The number of rotatable bonds is 7. The molecule has 0 bridgehead atoms. The SMILES string of the molecule is NC(=O)c1ccsc1NC(=O)COC(=O)c1ccc(C(=O)c2ccccc2)cc1. The second-order valence-corrected chi connectivity index (χ2v) is 6.84. The largest absolute Gasteiger partial charge is 0.452 e. The van der Waals surface area contributed by atoms with Gasteiger partial charge in [-0.15, -0.1) is 11.3 Å². The highest BCUT2D eigenvalue weighted by Gasteiger charge is 2.15. The van der Waals surface area contributed by atoms with Crippen LogP contribution in [0.3, 0.4) is 0 Å². The zero-order valence-electron chi connectivity index (χ0n) is 15.1. The number of anilines is 1. The van der Waals surface area contributed by atoms with Gasteiger partial charge in [-0.05, 0) is 23.6 Å². The summed E-state index contributed by atoms with van der Waals surface area (Å²) in [6, 6.07) is 16.2. The number of nitrogens with one attached hydrogen (secondary N) is 1. The molecule has 0 saturated heterocycles. The monoisotopic (exact) mass is 408 g/mol. The van der Waals surface area contributed by atoms with E-state index in [9.17, 15) is 19.2 Å². The van der Waals surface area contributed by atoms with Crippen molar-refractivity contribution in [3.8, 4) is 0 Å². The molecule has 2 amide bonds. The van der Waals surface area contributed by atoms with Crippen LogP contribution in [0.15, 0.2) is 66.0 Å². The van der Waals surface area contributed by atoms with Crippen LogP contribution < -0.4 is 11.1 Å². The van der Waals surface area contributed by atoms with Gasteiger partial charge in [0.2, 0.25) is 0 Å². The van der Waals surface area contributed by atoms with Gasteiger partial charge in [-0.25, -0.2) is 4.79 Å². The number of nitrogens with two attached hydrogens (primary N) is 1. The number of carbonyl (C=O) groups is 4. The highest BCUT2D eigenvalue weighted by molar-refractivity contribution is 7.14. The zero-order valence-corrected chi connectivity index (χ0v) is 15.9. The Morgan fingerprint density at radius 1 is 0.862 bits per heavy atom. The van der Waals surface area contributed by atoms with E-state index in [0.29, 0.717) is 16.1 Å². The normalized spacial score (nSPS) is 10.2. The zero-order chi connectivity index (χ0) is 20.8. The summed E-state index contributed by atoms with van der Waals surface area (Å²) in [5.74, 6) is -2.13. The maximum Gasteiger partial charge on any atom is 0.338 e. The van der Waals surface area contributed by atoms with Crippen molar-refractivity contribution in [2.45, 2.75) is 0 Å². The van der Waals surface area contributed by atoms with E-state index in [1.54, 1.807) is 29.6 Å².